The van der Waals surface area contributed by atoms with Crippen LogP contribution in [0.1, 0.15) is 30.1 Å². The Balaban J connectivity index is 1.80. The standard InChI is InChI=1S/C14H17NO3/c16-13-7-11-6-9(3-4-12(11)15-13)14(17)10-2-1-5-18-8-10/h3-4,6,10,14,17H,1-2,5,7-8H2,(H,15,16). The lowest BCUT2D eigenvalue weighted by molar-refractivity contribution is -0.115. The van der Waals surface area contributed by atoms with Gasteiger partial charge in [0.25, 0.3) is 0 Å². The van der Waals surface area contributed by atoms with Crippen molar-refractivity contribution in [3.63, 3.8) is 0 Å². The largest absolute Gasteiger partial charge is 0.388 e. The summed E-state index contributed by atoms with van der Waals surface area (Å²) in [6, 6.07) is 5.71. The maximum absolute atomic E-state index is 11.3. The van der Waals surface area contributed by atoms with Crippen molar-refractivity contribution < 1.29 is 14.6 Å². The number of ether oxygens (including phenoxy) is 1. The van der Waals surface area contributed by atoms with E-state index in [0.717, 1.165) is 36.3 Å². The number of carbonyl (C=O) groups excluding carboxylic acids is 1. The molecule has 2 heterocycles. The lowest BCUT2D eigenvalue weighted by Crippen LogP contribution is -2.23. The van der Waals surface area contributed by atoms with Gasteiger partial charge in [-0.1, -0.05) is 12.1 Å². The van der Waals surface area contributed by atoms with Crippen LogP contribution in [-0.2, 0) is 16.0 Å². The van der Waals surface area contributed by atoms with Crippen LogP contribution in [0.3, 0.4) is 0 Å². The van der Waals surface area contributed by atoms with E-state index in [2.05, 4.69) is 5.32 Å². The summed E-state index contributed by atoms with van der Waals surface area (Å²) in [6.07, 6.45) is 1.92. The maximum Gasteiger partial charge on any atom is 0.228 e. The van der Waals surface area contributed by atoms with Crippen molar-refractivity contribution in [2.75, 3.05) is 18.5 Å². The van der Waals surface area contributed by atoms with Gasteiger partial charge in [-0.05, 0) is 30.0 Å². The number of nitrogens with one attached hydrogen (secondary N) is 1. The fourth-order valence-electron chi connectivity index (χ4n) is 2.72. The molecule has 2 unspecified atom stereocenters. The number of aliphatic hydroxyl groups excluding tert-OH is 1. The molecule has 2 atom stereocenters. The van der Waals surface area contributed by atoms with Crippen LogP contribution in [0.25, 0.3) is 0 Å². The fraction of sp³-hybridized carbons (Fsp3) is 0.500. The Morgan fingerprint density at radius 2 is 2.33 bits per heavy atom. The molecule has 0 aromatic heterocycles. The first-order valence-electron chi connectivity index (χ1n) is 6.42. The van der Waals surface area contributed by atoms with Gasteiger partial charge in [-0.3, -0.25) is 4.79 Å². The molecule has 96 valence electrons. The van der Waals surface area contributed by atoms with Crippen LogP contribution >= 0.6 is 0 Å². The van der Waals surface area contributed by atoms with Crippen molar-refractivity contribution in [2.45, 2.75) is 25.4 Å². The van der Waals surface area contributed by atoms with Crippen LogP contribution in [0.5, 0.6) is 0 Å². The molecule has 1 amide bonds. The van der Waals surface area contributed by atoms with Crippen LogP contribution in [0, 0.1) is 5.92 Å². The summed E-state index contributed by atoms with van der Waals surface area (Å²) in [5.74, 6) is 0.194. The van der Waals surface area contributed by atoms with Gasteiger partial charge in [0.1, 0.15) is 0 Å². The Labute approximate surface area is 106 Å². The lowest BCUT2D eigenvalue weighted by Gasteiger charge is -2.27. The van der Waals surface area contributed by atoms with Gasteiger partial charge >= 0.3 is 0 Å². The zero-order valence-electron chi connectivity index (χ0n) is 10.2. The molecule has 2 aliphatic heterocycles. The Hall–Kier alpha value is -1.39. The summed E-state index contributed by atoms with van der Waals surface area (Å²) in [5, 5.41) is 13.2. The second-order valence-electron chi connectivity index (χ2n) is 5.06. The van der Waals surface area contributed by atoms with Crippen LogP contribution < -0.4 is 5.32 Å². The monoisotopic (exact) mass is 247 g/mol. The number of anilines is 1. The number of hydrogen-bond donors (Lipinski definition) is 2. The normalized spacial score (nSPS) is 24.5. The third kappa shape index (κ3) is 2.13. The Morgan fingerprint density at radius 3 is 3.11 bits per heavy atom. The molecule has 1 aromatic rings. The van der Waals surface area contributed by atoms with Gasteiger partial charge in [0, 0.05) is 18.2 Å². The number of benzene rings is 1. The van der Waals surface area contributed by atoms with Gasteiger partial charge in [0.15, 0.2) is 0 Å². The van der Waals surface area contributed by atoms with Crippen molar-refractivity contribution in [3.05, 3.63) is 29.3 Å². The molecular formula is C14H17NO3. The molecule has 2 aliphatic rings. The van der Waals surface area contributed by atoms with E-state index in [1.165, 1.54) is 0 Å². The molecule has 1 saturated heterocycles. The molecule has 0 aliphatic carbocycles. The summed E-state index contributed by atoms with van der Waals surface area (Å²) >= 11 is 0. The van der Waals surface area contributed by atoms with Gasteiger partial charge in [0.05, 0.1) is 19.1 Å². The molecule has 0 saturated carbocycles. The van der Waals surface area contributed by atoms with E-state index in [4.69, 9.17) is 4.74 Å². The number of amides is 1. The van der Waals surface area contributed by atoms with Crippen molar-refractivity contribution in [2.24, 2.45) is 5.92 Å². The molecular weight excluding hydrogens is 230 g/mol. The van der Waals surface area contributed by atoms with Crippen molar-refractivity contribution in [1.29, 1.82) is 0 Å². The fourth-order valence-corrected chi connectivity index (χ4v) is 2.72. The zero-order chi connectivity index (χ0) is 12.5. The summed E-state index contributed by atoms with van der Waals surface area (Å²) in [7, 11) is 0. The van der Waals surface area contributed by atoms with E-state index in [0.29, 0.717) is 13.0 Å². The molecule has 4 nitrogen and oxygen atoms in total. The van der Waals surface area contributed by atoms with Crippen LogP contribution in [0.15, 0.2) is 18.2 Å². The number of hydrogen-bond acceptors (Lipinski definition) is 3. The van der Waals surface area contributed by atoms with Crippen molar-refractivity contribution >= 4 is 11.6 Å². The highest BCUT2D eigenvalue weighted by Gasteiger charge is 2.25. The molecule has 0 spiro atoms. The zero-order valence-corrected chi connectivity index (χ0v) is 10.2. The minimum absolute atomic E-state index is 0.0256. The average Bonchev–Trinajstić information content (AvgIpc) is 2.78. The SMILES string of the molecule is O=C1Cc2cc(C(O)C3CCCOC3)ccc2N1. The minimum Gasteiger partial charge on any atom is -0.388 e. The molecule has 1 fully saturated rings. The maximum atomic E-state index is 11.3. The van der Waals surface area contributed by atoms with Crippen LogP contribution in [-0.4, -0.2) is 24.2 Å². The summed E-state index contributed by atoms with van der Waals surface area (Å²) in [5.41, 5.74) is 2.74. The van der Waals surface area contributed by atoms with Gasteiger partial charge in [0.2, 0.25) is 5.91 Å². The Bertz CT molecular complexity index is 466. The predicted octanol–water partition coefficient (Wildman–Crippen LogP) is 1.64. The molecule has 18 heavy (non-hydrogen) atoms. The van der Waals surface area contributed by atoms with E-state index in [-0.39, 0.29) is 11.8 Å². The van der Waals surface area contributed by atoms with Crippen molar-refractivity contribution in [3.8, 4) is 0 Å². The van der Waals surface area contributed by atoms with Gasteiger partial charge in [-0.15, -0.1) is 0 Å². The topological polar surface area (TPSA) is 58.6 Å². The van der Waals surface area contributed by atoms with E-state index in [9.17, 15) is 9.90 Å². The Morgan fingerprint density at radius 1 is 1.44 bits per heavy atom. The van der Waals surface area contributed by atoms with Gasteiger partial charge < -0.3 is 15.2 Å². The molecule has 1 aromatic carbocycles. The van der Waals surface area contributed by atoms with Crippen molar-refractivity contribution in [1.82, 2.24) is 0 Å². The average molecular weight is 247 g/mol. The van der Waals surface area contributed by atoms with Crippen LogP contribution in [0.2, 0.25) is 0 Å². The van der Waals surface area contributed by atoms with E-state index in [1.54, 1.807) is 0 Å². The minimum atomic E-state index is -0.494. The van der Waals surface area contributed by atoms with E-state index in [1.807, 2.05) is 18.2 Å². The van der Waals surface area contributed by atoms with Gasteiger partial charge in [-0.25, -0.2) is 0 Å². The van der Waals surface area contributed by atoms with Gasteiger partial charge in [-0.2, -0.15) is 0 Å². The highest BCUT2D eigenvalue weighted by Crippen LogP contribution is 2.32. The predicted molar refractivity (Wildman–Crippen MR) is 67.3 cm³/mol. The summed E-state index contributed by atoms with van der Waals surface area (Å²) in [4.78, 5) is 11.3. The quantitative estimate of drug-likeness (QED) is 0.835. The van der Waals surface area contributed by atoms with E-state index < -0.39 is 6.10 Å². The molecule has 2 N–H and O–H groups in total. The first-order valence-corrected chi connectivity index (χ1v) is 6.42. The highest BCUT2D eigenvalue weighted by molar-refractivity contribution is 5.99. The first kappa shape index (κ1) is 11.7. The molecule has 3 rings (SSSR count). The third-order valence-corrected chi connectivity index (χ3v) is 3.74. The third-order valence-electron chi connectivity index (χ3n) is 3.74. The Kier molecular flexibility index (Phi) is 3.06. The summed E-state index contributed by atoms with van der Waals surface area (Å²) in [6.45, 7) is 1.42. The second-order valence-corrected chi connectivity index (χ2v) is 5.06. The second kappa shape index (κ2) is 4.71. The molecule has 0 bridgehead atoms. The van der Waals surface area contributed by atoms with Crippen LogP contribution in [0.4, 0.5) is 5.69 Å². The molecule has 0 radical (unpaired) electrons. The molecule has 4 heteroatoms. The smallest absolute Gasteiger partial charge is 0.228 e. The lowest BCUT2D eigenvalue weighted by atomic mass is 9.90. The first-order chi connectivity index (χ1) is 8.74. The number of carbonyl (C=O) groups is 1. The number of fused-ring (bicyclic) bond motifs is 1. The number of aliphatic hydroxyl groups is 1. The summed E-state index contributed by atoms with van der Waals surface area (Å²) < 4.78 is 5.41. The highest BCUT2D eigenvalue weighted by atomic mass is 16.5. The number of rotatable bonds is 2. The van der Waals surface area contributed by atoms with E-state index >= 15 is 0 Å².